The molecule has 2 aromatic rings. The van der Waals surface area contributed by atoms with E-state index in [1.54, 1.807) is 24.1 Å². The van der Waals surface area contributed by atoms with Crippen LogP contribution in [0.2, 0.25) is 10.0 Å². The van der Waals surface area contributed by atoms with Gasteiger partial charge in [-0.15, -0.1) is 0 Å². The highest BCUT2D eigenvalue weighted by atomic mass is 35.5. The Morgan fingerprint density at radius 1 is 1.20 bits per heavy atom. The Labute approximate surface area is 211 Å². The molecule has 2 heterocycles. The van der Waals surface area contributed by atoms with Gasteiger partial charge in [-0.1, -0.05) is 41.3 Å². The molecule has 0 saturated carbocycles. The average molecular weight is 530 g/mol. The van der Waals surface area contributed by atoms with E-state index in [0.29, 0.717) is 25.3 Å². The number of halogens is 5. The molecule has 0 fully saturated rings. The summed E-state index contributed by atoms with van der Waals surface area (Å²) < 4.78 is 47.9. The van der Waals surface area contributed by atoms with E-state index in [9.17, 15) is 18.0 Å². The summed E-state index contributed by atoms with van der Waals surface area (Å²) in [6.45, 7) is 3.01. The van der Waals surface area contributed by atoms with Crippen LogP contribution in [0.5, 0.6) is 0 Å². The SMILES string of the molecule is CCC(COC)NC(=O)c1ccc2c(c1)CN(C1=NOC(c3cc(Cl)cc(Cl)c3)(C(F)(F)F)C1)C2. The van der Waals surface area contributed by atoms with Crippen molar-refractivity contribution in [1.82, 2.24) is 10.2 Å². The molecule has 0 aliphatic carbocycles. The first-order chi connectivity index (χ1) is 16.6. The van der Waals surface area contributed by atoms with E-state index in [1.165, 1.54) is 18.2 Å². The second-order valence-electron chi connectivity index (χ2n) is 8.63. The number of amidine groups is 1. The number of ether oxygens (including phenoxy) is 1. The first-order valence-corrected chi connectivity index (χ1v) is 11.8. The third-order valence-corrected chi connectivity index (χ3v) is 6.69. The highest BCUT2D eigenvalue weighted by Crippen LogP contribution is 2.49. The van der Waals surface area contributed by atoms with Gasteiger partial charge in [0.2, 0.25) is 0 Å². The van der Waals surface area contributed by atoms with Gasteiger partial charge in [-0.3, -0.25) is 4.79 Å². The lowest BCUT2D eigenvalue weighted by Crippen LogP contribution is -2.43. The summed E-state index contributed by atoms with van der Waals surface area (Å²) in [4.78, 5) is 19.5. The van der Waals surface area contributed by atoms with Crippen LogP contribution in [0.1, 0.15) is 46.8 Å². The van der Waals surface area contributed by atoms with Crippen molar-refractivity contribution in [2.75, 3.05) is 13.7 Å². The van der Waals surface area contributed by atoms with Gasteiger partial charge in [0.15, 0.2) is 0 Å². The van der Waals surface area contributed by atoms with Crippen LogP contribution < -0.4 is 5.32 Å². The van der Waals surface area contributed by atoms with E-state index < -0.39 is 18.2 Å². The maximum atomic E-state index is 14.3. The molecule has 188 valence electrons. The van der Waals surface area contributed by atoms with Gasteiger partial charge >= 0.3 is 6.18 Å². The Balaban J connectivity index is 1.52. The second-order valence-corrected chi connectivity index (χ2v) is 9.50. The van der Waals surface area contributed by atoms with Gasteiger partial charge in [-0.2, -0.15) is 13.2 Å². The number of hydrogen-bond acceptors (Lipinski definition) is 5. The molecule has 0 spiro atoms. The summed E-state index contributed by atoms with van der Waals surface area (Å²) in [5, 5.41) is 6.90. The second kappa shape index (κ2) is 9.87. The van der Waals surface area contributed by atoms with Crippen molar-refractivity contribution in [2.24, 2.45) is 5.16 Å². The lowest BCUT2D eigenvalue weighted by atomic mass is 9.89. The molecular weight excluding hydrogens is 506 g/mol. The number of alkyl halides is 3. The van der Waals surface area contributed by atoms with E-state index in [0.717, 1.165) is 17.5 Å². The van der Waals surface area contributed by atoms with Crippen LogP contribution >= 0.6 is 23.2 Å². The summed E-state index contributed by atoms with van der Waals surface area (Å²) in [5.41, 5.74) is -0.673. The largest absolute Gasteiger partial charge is 0.435 e. The minimum atomic E-state index is -4.76. The number of amides is 1. The van der Waals surface area contributed by atoms with Gasteiger partial charge in [0.25, 0.3) is 11.5 Å². The van der Waals surface area contributed by atoms with Gasteiger partial charge in [0, 0.05) is 41.4 Å². The number of fused-ring (bicyclic) bond motifs is 1. The van der Waals surface area contributed by atoms with Crippen LogP contribution in [0.3, 0.4) is 0 Å². The Kier molecular flexibility index (Phi) is 7.22. The summed E-state index contributed by atoms with van der Waals surface area (Å²) in [6.07, 6.45) is -4.57. The summed E-state index contributed by atoms with van der Waals surface area (Å²) >= 11 is 11.9. The summed E-state index contributed by atoms with van der Waals surface area (Å²) in [7, 11) is 1.57. The number of benzene rings is 2. The molecule has 4 rings (SSSR count). The van der Waals surface area contributed by atoms with Crippen molar-refractivity contribution >= 4 is 34.9 Å². The average Bonchev–Trinajstić information content (AvgIpc) is 3.42. The fourth-order valence-corrected chi connectivity index (χ4v) is 4.82. The van der Waals surface area contributed by atoms with Crippen LogP contribution in [0, 0.1) is 0 Å². The van der Waals surface area contributed by atoms with Gasteiger partial charge < -0.3 is 19.8 Å². The molecule has 2 atom stereocenters. The van der Waals surface area contributed by atoms with Gasteiger partial charge in [0.1, 0.15) is 5.84 Å². The third-order valence-electron chi connectivity index (χ3n) is 6.25. The fourth-order valence-electron chi connectivity index (χ4n) is 4.29. The molecule has 1 N–H and O–H groups in total. The highest BCUT2D eigenvalue weighted by molar-refractivity contribution is 6.34. The van der Waals surface area contributed by atoms with E-state index in [2.05, 4.69) is 10.5 Å². The lowest BCUT2D eigenvalue weighted by molar-refractivity contribution is -0.275. The summed E-state index contributed by atoms with van der Waals surface area (Å²) in [5.74, 6) is -0.0719. The number of hydrogen-bond donors (Lipinski definition) is 1. The van der Waals surface area contributed by atoms with Crippen molar-refractivity contribution in [3.8, 4) is 0 Å². The zero-order valence-corrected chi connectivity index (χ0v) is 20.6. The maximum absolute atomic E-state index is 14.3. The van der Waals surface area contributed by atoms with Crippen molar-refractivity contribution in [1.29, 1.82) is 0 Å². The molecule has 0 aromatic heterocycles. The minimum absolute atomic E-state index is 0.0726. The van der Waals surface area contributed by atoms with Crippen LogP contribution in [0.4, 0.5) is 13.2 Å². The predicted molar refractivity (Wildman–Crippen MR) is 126 cm³/mol. The number of nitrogens with zero attached hydrogens (tertiary/aromatic N) is 2. The van der Waals surface area contributed by atoms with Crippen molar-refractivity contribution in [3.05, 3.63) is 68.7 Å². The minimum Gasteiger partial charge on any atom is -0.383 e. The number of nitrogens with one attached hydrogen (secondary N) is 1. The molecule has 0 saturated heterocycles. The first kappa shape index (κ1) is 25.6. The Bertz CT molecular complexity index is 1140. The molecule has 2 aromatic carbocycles. The van der Waals surface area contributed by atoms with Gasteiger partial charge in [0.05, 0.1) is 19.1 Å². The molecule has 2 aliphatic rings. The Hall–Kier alpha value is -2.49. The quantitative estimate of drug-likeness (QED) is 0.524. The van der Waals surface area contributed by atoms with E-state index in [1.807, 2.05) is 13.0 Å². The number of methoxy groups -OCH3 is 1. The van der Waals surface area contributed by atoms with E-state index in [-0.39, 0.29) is 33.4 Å². The predicted octanol–water partition coefficient (Wildman–Crippen LogP) is 5.66. The zero-order valence-electron chi connectivity index (χ0n) is 19.1. The molecule has 2 unspecified atom stereocenters. The molecule has 6 nitrogen and oxygen atoms in total. The normalized spacial score (nSPS) is 20.3. The number of oxime groups is 1. The first-order valence-electron chi connectivity index (χ1n) is 11.0. The Morgan fingerprint density at radius 2 is 1.89 bits per heavy atom. The van der Waals surface area contributed by atoms with Gasteiger partial charge in [-0.05, 0) is 47.9 Å². The maximum Gasteiger partial charge on any atom is 0.435 e. The van der Waals surface area contributed by atoms with Crippen LogP contribution in [-0.2, 0) is 28.3 Å². The smallest absolute Gasteiger partial charge is 0.383 e. The fraction of sp³-hybridized carbons (Fsp3) is 0.417. The number of carbonyl (C=O) groups excluding carboxylic acids is 1. The number of rotatable bonds is 6. The molecule has 0 radical (unpaired) electrons. The Morgan fingerprint density at radius 3 is 2.51 bits per heavy atom. The highest BCUT2D eigenvalue weighted by Gasteiger charge is 2.63. The summed E-state index contributed by atoms with van der Waals surface area (Å²) in [6, 6.07) is 8.90. The molecule has 11 heteroatoms. The molecular formula is C24H24Cl2F3N3O3. The molecule has 2 aliphatic heterocycles. The standard InChI is InChI=1S/C24H24Cl2F3N3O3/c1-3-20(13-34-2)30-22(33)14-4-5-15-11-32(12-16(15)6-14)21-10-23(35-31-21,24(27,28)29)17-7-18(25)9-19(26)8-17/h4-9,20H,3,10-13H2,1-2H3,(H,30,33). The van der Waals surface area contributed by atoms with Crippen LogP contribution in [0.25, 0.3) is 0 Å². The van der Waals surface area contributed by atoms with Crippen molar-refractivity contribution in [3.63, 3.8) is 0 Å². The van der Waals surface area contributed by atoms with Crippen molar-refractivity contribution < 1.29 is 27.5 Å². The topological polar surface area (TPSA) is 63.2 Å². The monoisotopic (exact) mass is 529 g/mol. The van der Waals surface area contributed by atoms with E-state index >= 15 is 0 Å². The molecule has 0 bridgehead atoms. The number of carbonyl (C=O) groups is 1. The third kappa shape index (κ3) is 5.08. The van der Waals surface area contributed by atoms with Crippen LogP contribution in [-0.4, -0.2) is 42.6 Å². The van der Waals surface area contributed by atoms with Crippen molar-refractivity contribution in [2.45, 2.75) is 50.7 Å². The van der Waals surface area contributed by atoms with Crippen LogP contribution in [0.15, 0.2) is 41.6 Å². The zero-order chi connectivity index (χ0) is 25.4. The molecule has 35 heavy (non-hydrogen) atoms. The van der Waals surface area contributed by atoms with Gasteiger partial charge in [-0.25, -0.2) is 0 Å². The lowest BCUT2D eigenvalue weighted by Gasteiger charge is -2.30. The molecule has 1 amide bonds. The van der Waals surface area contributed by atoms with E-state index in [4.69, 9.17) is 32.8 Å².